The quantitative estimate of drug-likeness (QED) is 0.351. The van der Waals surface area contributed by atoms with E-state index in [0.29, 0.717) is 11.9 Å². The van der Waals surface area contributed by atoms with Crippen molar-refractivity contribution in [2.75, 3.05) is 12.4 Å². The van der Waals surface area contributed by atoms with Gasteiger partial charge in [-0.25, -0.2) is 4.68 Å². The minimum atomic E-state index is -0.298. The summed E-state index contributed by atoms with van der Waals surface area (Å²) >= 11 is 3.53. The number of nitro groups is 1. The van der Waals surface area contributed by atoms with Crippen molar-refractivity contribution in [3.05, 3.63) is 58.3 Å². The van der Waals surface area contributed by atoms with Crippen LogP contribution in [0.5, 0.6) is 0 Å². The molecule has 0 spiro atoms. The first kappa shape index (κ1) is 19.9. The highest BCUT2D eigenvalue weighted by molar-refractivity contribution is 8.00. The third-order valence-corrected chi connectivity index (χ3v) is 8.11. The topological polar surface area (TPSA) is 70.2 Å². The van der Waals surface area contributed by atoms with E-state index in [2.05, 4.69) is 0 Å². The number of rotatable bonds is 5. The summed E-state index contributed by atoms with van der Waals surface area (Å²) < 4.78 is 7.80. The second kappa shape index (κ2) is 8.61. The van der Waals surface area contributed by atoms with Gasteiger partial charge in [0.25, 0.3) is 5.69 Å². The highest BCUT2D eigenvalue weighted by Gasteiger charge is 2.29. The monoisotopic (exact) mass is 441 g/mol. The van der Waals surface area contributed by atoms with Gasteiger partial charge in [-0.15, -0.1) is 23.5 Å². The summed E-state index contributed by atoms with van der Waals surface area (Å²) in [5.41, 5.74) is 2.53. The first-order chi connectivity index (χ1) is 14.7. The second-order valence-corrected chi connectivity index (χ2v) is 10.2. The summed E-state index contributed by atoms with van der Waals surface area (Å²) in [6.07, 6.45) is 6.06. The number of nitrogens with zero attached hydrogens (tertiary/aromatic N) is 3. The van der Waals surface area contributed by atoms with Crippen LogP contribution in [0, 0.1) is 10.1 Å². The Balaban J connectivity index is 1.71. The molecule has 0 radical (unpaired) electrons. The number of hydrogen-bond acceptors (Lipinski definition) is 6. The van der Waals surface area contributed by atoms with E-state index in [-0.39, 0.29) is 16.0 Å². The number of thioether (sulfide) groups is 2. The van der Waals surface area contributed by atoms with Crippen molar-refractivity contribution in [3.63, 3.8) is 0 Å². The maximum absolute atomic E-state index is 11.7. The van der Waals surface area contributed by atoms with Crippen LogP contribution in [0.25, 0.3) is 16.6 Å². The van der Waals surface area contributed by atoms with Crippen LogP contribution >= 0.6 is 23.5 Å². The van der Waals surface area contributed by atoms with Crippen LogP contribution in [-0.2, 0) is 4.74 Å². The lowest BCUT2D eigenvalue weighted by Crippen LogP contribution is -2.08. The molecule has 5 rings (SSSR count). The molecule has 30 heavy (non-hydrogen) atoms. The Morgan fingerprint density at radius 3 is 2.67 bits per heavy atom. The van der Waals surface area contributed by atoms with Crippen LogP contribution in [0.3, 0.4) is 0 Å². The molecule has 0 amide bonds. The average Bonchev–Trinajstić information content (AvgIpc) is 3.43. The largest absolute Gasteiger partial charge is 0.360 e. The first-order valence-corrected chi connectivity index (χ1v) is 12.3. The fourth-order valence-electron chi connectivity index (χ4n) is 4.23. The van der Waals surface area contributed by atoms with Gasteiger partial charge in [-0.1, -0.05) is 37.5 Å². The lowest BCUT2D eigenvalue weighted by molar-refractivity contribution is -0.384. The molecule has 1 saturated carbocycles. The Bertz CT molecular complexity index is 1060. The van der Waals surface area contributed by atoms with Crippen LogP contribution in [0.4, 0.5) is 5.69 Å². The van der Waals surface area contributed by atoms with Crippen molar-refractivity contribution in [1.29, 1.82) is 0 Å². The molecule has 0 bridgehead atoms. The van der Waals surface area contributed by atoms with Gasteiger partial charge in [0, 0.05) is 33.4 Å². The van der Waals surface area contributed by atoms with Gasteiger partial charge >= 0.3 is 0 Å². The Morgan fingerprint density at radius 1 is 1.17 bits per heavy atom. The smallest absolute Gasteiger partial charge is 0.272 e. The molecule has 2 aliphatic rings. The highest BCUT2D eigenvalue weighted by Crippen LogP contribution is 2.45. The molecule has 1 saturated heterocycles. The van der Waals surface area contributed by atoms with Crippen molar-refractivity contribution >= 4 is 40.1 Å². The zero-order valence-electron chi connectivity index (χ0n) is 16.5. The predicted octanol–water partition coefficient (Wildman–Crippen LogP) is 6.12. The van der Waals surface area contributed by atoms with E-state index in [1.54, 1.807) is 35.7 Å². The average molecular weight is 442 g/mol. The highest BCUT2D eigenvalue weighted by atomic mass is 32.2. The van der Waals surface area contributed by atoms with Crippen molar-refractivity contribution in [2.45, 2.75) is 47.7 Å². The van der Waals surface area contributed by atoms with Gasteiger partial charge < -0.3 is 4.74 Å². The minimum absolute atomic E-state index is 0.115. The number of para-hydroxylation sites is 1. The normalized spacial score (nSPS) is 20.1. The predicted molar refractivity (Wildman–Crippen MR) is 122 cm³/mol. The van der Waals surface area contributed by atoms with Gasteiger partial charge in [-0.3, -0.25) is 10.1 Å². The molecule has 156 valence electrons. The van der Waals surface area contributed by atoms with Crippen LogP contribution in [0.2, 0.25) is 0 Å². The van der Waals surface area contributed by atoms with Crippen molar-refractivity contribution < 1.29 is 9.66 Å². The molecule has 2 heterocycles. The van der Waals surface area contributed by atoms with E-state index in [1.165, 1.54) is 19.3 Å². The van der Waals surface area contributed by atoms with E-state index in [9.17, 15) is 10.1 Å². The van der Waals surface area contributed by atoms with E-state index in [0.717, 1.165) is 45.8 Å². The molecule has 1 aromatic heterocycles. The second-order valence-electron chi connectivity index (χ2n) is 7.68. The lowest BCUT2D eigenvalue weighted by Gasteiger charge is -2.21. The molecule has 2 aromatic carbocycles. The minimum Gasteiger partial charge on any atom is -0.360 e. The third kappa shape index (κ3) is 3.84. The number of ether oxygens (including phenoxy) is 1. The van der Waals surface area contributed by atoms with Gasteiger partial charge in [-0.05, 0) is 25.0 Å². The molecule has 1 aliphatic carbocycles. The Morgan fingerprint density at radius 2 is 1.97 bits per heavy atom. The maximum Gasteiger partial charge on any atom is 0.272 e. The van der Waals surface area contributed by atoms with Crippen molar-refractivity contribution in [2.24, 2.45) is 0 Å². The Kier molecular flexibility index (Phi) is 5.71. The molecular weight excluding hydrogens is 418 g/mol. The van der Waals surface area contributed by atoms with E-state index in [4.69, 9.17) is 9.84 Å². The van der Waals surface area contributed by atoms with Gasteiger partial charge in [0.15, 0.2) is 0 Å². The summed E-state index contributed by atoms with van der Waals surface area (Å²) in [5, 5.41) is 18.2. The first-order valence-electron chi connectivity index (χ1n) is 10.4. The van der Waals surface area contributed by atoms with Gasteiger partial charge in [0.2, 0.25) is 0 Å². The standard InChI is InChI=1S/C22H23N3O3S2/c26-25(27)16-13-18-20(19(14-16)30-17-9-5-2-6-10-17)21(22-28-11-12-29-22)23-24(18)15-7-3-1-4-8-15/h1,3-4,7-8,13-14,17,22H,2,5-6,9-12H2. The van der Waals surface area contributed by atoms with Crippen molar-refractivity contribution in [3.8, 4) is 5.69 Å². The zero-order valence-corrected chi connectivity index (χ0v) is 18.2. The zero-order chi connectivity index (χ0) is 20.5. The van der Waals surface area contributed by atoms with Gasteiger partial charge in [0.05, 0.1) is 22.7 Å². The number of hydrogen-bond donors (Lipinski definition) is 0. The number of non-ortho nitro benzene ring substituents is 1. The maximum atomic E-state index is 11.7. The van der Waals surface area contributed by atoms with Crippen molar-refractivity contribution in [1.82, 2.24) is 9.78 Å². The third-order valence-electron chi connectivity index (χ3n) is 5.66. The number of aromatic nitrogens is 2. The summed E-state index contributed by atoms with van der Waals surface area (Å²) in [6, 6.07) is 13.2. The van der Waals surface area contributed by atoms with E-state index in [1.807, 2.05) is 35.0 Å². The molecule has 1 atom stereocenters. The SMILES string of the molecule is O=[N+]([O-])c1cc(SC2CCCCC2)c2c(C3OCCS3)nn(-c3ccccc3)c2c1. The lowest BCUT2D eigenvalue weighted by atomic mass is 10.0. The molecule has 1 aliphatic heterocycles. The van der Waals surface area contributed by atoms with Crippen LogP contribution in [0.15, 0.2) is 47.4 Å². The van der Waals surface area contributed by atoms with E-state index >= 15 is 0 Å². The molecule has 2 fully saturated rings. The molecule has 0 N–H and O–H groups in total. The Hall–Kier alpha value is -2.03. The summed E-state index contributed by atoms with van der Waals surface area (Å²) in [7, 11) is 0. The number of nitro benzene ring substituents is 1. The Labute approximate surface area is 183 Å². The molecular formula is C22H23N3O3S2. The van der Waals surface area contributed by atoms with Crippen LogP contribution in [-0.4, -0.2) is 32.3 Å². The van der Waals surface area contributed by atoms with Crippen LogP contribution in [0.1, 0.15) is 43.2 Å². The summed E-state index contributed by atoms with van der Waals surface area (Å²) in [4.78, 5) is 12.4. The fraction of sp³-hybridized carbons (Fsp3) is 0.409. The summed E-state index contributed by atoms with van der Waals surface area (Å²) in [6.45, 7) is 0.701. The fourth-order valence-corrected chi connectivity index (χ4v) is 6.60. The molecule has 8 heteroatoms. The molecule has 1 unspecified atom stereocenters. The van der Waals surface area contributed by atoms with Crippen LogP contribution < -0.4 is 0 Å². The molecule has 6 nitrogen and oxygen atoms in total. The number of fused-ring (bicyclic) bond motifs is 1. The van der Waals surface area contributed by atoms with Gasteiger partial charge in [0.1, 0.15) is 11.1 Å². The number of benzene rings is 2. The van der Waals surface area contributed by atoms with E-state index < -0.39 is 0 Å². The van der Waals surface area contributed by atoms with Gasteiger partial charge in [-0.2, -0.15) is 5.10 Å². The summed E-state index contributed by atoms with van der Waals surface area (Å²) in [5.74, 6) is 0.933. The molecule has 3 aromatic rings.